The number of nitrogens with one attached hydrogen (secondary N) is 1. The molecule has 0 heterocycles. The number of rotatable bonds is 37. The van der Waals surface area contributed by atoms with Crippen LogP contribution in [-0.4, -0.2) is 73.4 Å². The van der Waals surface area contributed by atoms with Gasteiger partial charge in [0, 0.05) is 6.42 Å². The third kappa shape index (κ3) is 38.2. The van der Waals surface area contributed by atoms with Gasteiger partial charge in [-0.3, -0.25) is 13.8 Å². The van der Waals surface area contributed by atoms with Crippen LogP contribution in [0, 0.1) is 0 Å². The molecule has 0 aliphatic carbocycles. The molecule has 0 aromatic carbocycles. The van der Waals surface area contributed by atoms with Gasteiger partial charge in [0.1, 0.15) is 13.2 Å². The lowest BCUT2D eigenvalue weighted by Crippen LogP contribution is -2.45. The summed E-state index contributed by atoms with van der Waals surface area (Å²) in [6.45, 7) is 4.60. The Morgan fingerprint density at radius 2 is 1.13 bits per heavy atom. The number of unbranched alkanes of at least 4 members (excludes halogenated alkanes) is 14. The molecule has 54 heavy (non-hydrogen) atoms. The van der Waals surface area contributed by atoms with Crippen molar-refractivity contribution in [2.24, 2.45) is 0 Å². The van der Waals surface area contributed by atoms with E-state index in [-0.39, 0.29) is 19.1 Å². The molecule has 3 N–H and O–H groups in total. The van der Waals surface area contributed by atoms with Gasteiger partial charge in [0.2, 0.25) is 5.91 Å². The molecule has 0 radical (unpaired) electrons. The topological polar surface area (TPSA) is 105 Å². The van der Waals surface area contributed by atoms with E-state index in [4.69, 9.17) is 9.05 Å². The monoisotopic (exact) mass is 778 g/mol. The van der Waals surface area contributed by atoms with Crippen molar-refractivity contribution in [3.63, 3.8) is 0 Å². The second-order valence-corrected chi connectivity index (χ2v) is 16.8. The first-order valence-corrected chi connectivity index (χ1v) is 22.8. The van der Waals surface area contributed by atoms with Crippen molar-refractivity contribution in [3.8, 4) is 0 Å². The molecule has 0 bridgehead atoms. The Morgan fingerprint density at radius 3 is 1.70 bits per heavy atom. The smallest absolute Gasteiger partial charge is 0.387 e. The third-order valence-electron chi connectivity index (χ3n) is 8.91. The second-order valence-electron chi connectivity index (χ2n) is 15.3. The molecule has 312 valence electrons. The Kier molecular flexibility index (Phi) is 35.2. The average Bonchev–Trinajstić information content (AvgIpc) is 3.12. The van der Waals surface area contributed by atoms with E-state index in [0.717, 1.165) is 64.2 Å². The molecular weight excluding hydrogens is 695 g/mol. The normalized spacial score (nSPS) is 15.2. The number of nitrogens with zero attached hydrogens (tertiary/aromatic N) is 1. The summed E-state index contributed by atoms with van der Waals surface area (Å²) >= 11 is 0. The Hall–Kier alpha value is -2.06. The van der Waals surface area contributed by atoms with Gasteiger partial charge < -0.3 is 19.8 Å². The molecule has 0 saturated heterocycles. The number of carbonyl (C=O) groups excluding carboxylic acids is 1. The van der Waals surface area contributed by atoms with E-state index in [1.165, 1.54) is 70.6 Å². The van der Waals surface area contributed by atoms with E-state index in [1.807, 2.05) is 27.2 Å². The molecule has 0 fully saturated rings. The molecule has 0 rings (SSSR count). The van der Waals surface area contributed by atoms with Crippen molar-refractivity contribution in [2.75, 3.05) is 40.9 Å². The summed E-state index contributed by atoms with van der Waals surface area (Å²) in [5, 5.41) is 13.7. The van der Waals surface area contributed by atoms with E-state index >= 15 is 0 Å². The van der Waals surface area contributed by atoms with Crippen LogP contribution >= 0.6 is 7.82 Å². The lowest BCUT2D eigenvalue weighted by molar-refractivity contribution is -0.870. The van der Waals surface area contributed by atoms with Gasteiger partial charge in [0.15, 0.2) is 0 Å². The largest absolute Gasteiger partial charge is 0.472 e. The van der Waals surface area contributed by atoms with E-state index in [9.17, 15) is 19.4 Å². The zero-order valence-electron chi connectivity index (χ0n) is 35.2. The molecule has 0 aromatic rings. The van der Waals surface area contributed by atoms with Crippen LogP contribution in [0.25, 0.3) is 0 Å². The lowest BCUT2D eigenvalue weighted by Gasteiger charge is -2.25. The number of quaternary nitrogens is 1. The first kappa shape index (κ1) is 51.9. The second kappa shape index (κ2) is 36.6. The average molecular weight is 778 g/mol. The van der Waals surface area contributed by atoms with E-state index in [1.54, 1.807) is 6.08 Å². The van der Waals surface area contributed by atoms with E-state index in [2.05, 4.69) is 79.9 Å². The van der Waals surface area contributed by atoms with E-state index in [0.29, 0.717) is 17.4 Å². The van der Waals surface area contributed by atoms with Crippen molar-refractivity contribution in [2.45, 2.75) is 167 Å². The van der Waals surface area contributed by atoms with Gasteiger partial charge in [0.05, 0.1) is 39.9 Å². The molecule has 8 nitrogen and oxygen atoms in total. The summed E-state index contributed by atoms with van der Waals surface area (Å²) < 4.78 is 23.4. The molecule has 3 atom stereocenters. The molecule has 1 amide bonds. The van der Waals surface area contributed by atoms with Crippen LogP contribution in [0.5, 0.6) is 0 Å². The molecular formula is C45H82N2O6P+. The number of hydrogen-bond acceptors (Lipinski definition) is 5. The summed E-state index contributed by atoms with van der Waals surface area (Å²) in [4.78, 5) is 23.0. The lowest BCUT2D eigenvalue weighted by atomic mass is 10.0. The van der Waals surface area contributed by atoms with Crippen molar-refractivity contribution in [1.29, 1.82) is 0 Å². The van der Waals surface area contributed by atoms with Gasteiger partial charge >= 0.3 is 7.82 Å². The number of amides is 1. The van der Waals surface area contributed by atoms with Crippen molar-refractivity contribution < 1.29 is 32.9 Å². The molecule has 0 aliphatic rings. The van der Waals surface area contributed by atoms with Crippen LogP contribution < -0.4 is 5.32 Å². The highest BCUT2D eigenvalue weighted by Gasteiger charge is 2.27. The number of aliphatic hydroxyl groups is 1. The summed E-state index contributed by atoms with van der Waals surface area (Å²) in [6.07, 6.45) is 48.4. The van der Waals surface area contributed by atoms with Crippen molar-refractivity contribution in [1.82, 2.24) is 5.32 Å². The Bertz CT molecular complexity index is 1110. The maximum Gasteiger partial charge on any atom is 0.472 e. The van der Waals surface area contributed by atoms with Crippen molar-refractivity contribution in [3.05, 3.63) is 72.9 Å². The highest BCUT2D eigenvalue weighted by molar-refractivity contribution is 7.47. The van der Waals surface area contributed by atoms with Gasteiger partial charge in [-0.1, -0.05) is 151 Å². The Labute approximate surface area is 332 Å². The molecule has 9 heteroatoms. The fraction of sp³-hybridized carbons (Fsp3) is 0.711. The fourth-order valence-electron chi connectivity index (χ4n) is 5.52. The Balaban J connectivity index is 4.30. The molecule has 0 saturated carbocycles. The number of aliphatic hydroxyl groups excluding tert-OH is 1. The van der Waals surface area contributed by atoms with Crippen LogP contribution in [0.4, 0.5) is 0 Å². The summed E-state index contributed by atoms with van der Waals surface area (Å²) in [6, 6.07) is -0.866. The number of allylic oxidation sites excluding steroid dienone is 11. The van der Waals surface area contributed by atoms with Crippen LogP contribution in [0.2, 0.25) is 0 Å². The number of hydrogen-bond donors (Lipinski definition) is 3. The fourth-order valence-corrected chi connectivity index (χ4v) is 6.25. The number of carbonyl (C=O) groups is 1. The van der Waals surface area contributed by atoms with Gasteiger partial charge in [0.25, 0.3) is 0 Å². The third-order valence-corrected chi connectivity index (χ3v) is 9.89. The van der Waals surface area contributed by atoms with Crippen LogP contribution in [0.15, 0.2) is 72.9 Å². The minimum Gasteiger partial charge on any atom is -0.387 e. The number of phosphoric acid groups is 1. The maximum absolute atomic E-state index is 12.8. The van der Waals surface area contributed by atoms with Gasteiger partial charge in [-0.25, -0.2) is 4.57 Å². The number of likely N-dealkylation sites (N-methyl/N-ethyl adjacent to an activating group) is 1. The minimum absolute atomic E-state index is 0.0516. The highest BCUT2D eigenvalue weighted by atomic mass is 31.2. The quantitative estimate of drug-likeness (QED) is 0.0251. The van der Waals surface area contributed by atoms with Gasteiger partial charge in [-0.05, 0) is 70.6 Å². The van der Waals surface area contributed by atoms with Gasteiger partial charge in [-0.2, -0.15) is 0 Å². The molecule has 0 aromatic heterocycles. The minimum atomic E-state index is -4.34. The van der Waals surface area contributed by atoms with Crippen LogP contribution in [-0.2, 0) is 18.4 Å². The zero-order chi connectivity index (χ0) is 40.0. The predicted octanol–water partition coefficient (Wildman–Crippen LogP) is 11.6. The van der Waals surface area contributed by atoms with Crippen LogP contribution in [0.3, 0.4) is 0 Å². The van der Waals surface area contributed by atoms with Gasteiger partial charge in [-0.15, -0.1) is 0 Å². The zero-order valence-corrected chi connectivity index (χ0v) is 36.1. The highest BCUT2D eigenvalue weighted by Crippen LogP contribution is 2.43. The number of phosphoric ester groups is 1. The molecule has 0 spiro atoms. The standard InChI is InChI=1S/C45H81N2O6P/c1-6-8-10-12-14-16-17-18-19-20-21-22-23-24-25-26-27-28-29-31-33-35-37-39-45(49)46-43(42-53-54(50,51)52-41-40-47(3,4)5)44(48)38-36-34-32-30-15-13-11-9-7-2/h8,10,14-16,18-19,21-22,30,36,38,43-44,48H,6-7,9,11-13,17,20,23-29,31-35,37,39-42H2,1-5H3,(H-,46,49,50,51)/p+1/b10-8-,16-14-,19-18-,22-21-,30-15+,38-36+. The SMILES string of the molecule is CC/C=C\C/C=C\C/C=C\C/C=C\CCCCCCCCCCCCC(=O)NC(COP(=O)(O)OCC[N+](C)(C)C)C(O)/C=C/CC/C=C/CCCCC. The first-order chi connectivity index (χ1) is 26.0. The van der Waals surface area contributed by atoms with E-state index < -0.39 is 20.0 Å². The molecule has 3 unspecified atom stereocenters. The molecule has 0 aliphatic heterocycles. The first-order valence-electron chi connectivity index (χ1n) is 21.3. The predicted molar refractivity (Wildman–Crippen MR) is 230 cm³/mol. The van der Waals surface area contributed by atoms with Crippen molar-refractivity contribution >= 4 is 13.7 Å². The summed E-state index contributed by atoms with van der Waals surface area (Å²) in [5.41, 5.74) is 0. The summed E-state index contributed by atoms with van der Waals surface area (Å²) in [7, 11) is 1.54. The maximum atomic E-state index is 12.8. The summed E-state index contributed by atoms with van der Waals surface area (Å²) in [5.74, 6) is -0.199. The Morgan fingerprint density at radius 1 is 0.648 bits per heavy atom. The van der Waals surface area contributed by atoms with Crippen LogP contribution in [0.1, 0.15) is 155 Å².